The Labute approximate surface area is 370 Å². The van der Waals surface area contributed by atoms with Gasteiger partial charge in [0, 0.05) is 43.1 Å². The number of carbonyl (C=O) groups is 1. The first kappa shape index (κ1) is 45.0. The molecule has 1 amide bonds. The van der Waals surface area contributed by atoms with Gasteiger partial charge in [0.25, 0.3) is 0 Å². The lowest BCUT2D eigenvalue weighted by Gasteiger charge is -2.59. The number of amides is 1. The van der Waals surface area contributed by atoms with Crippen LogP contribution >= 0.6 is 11.8 Å². The van der Waals surface area contributed by atoms with E-state index in [9.17, 15) is 15.0 Å². The van der Waals surface area contributed by atoms with E-state index in [0.717, 1.165) is 64.3 Å². The molecule has 0 unspecified atom stereocenters. The molecule has 2 N–H and O–H groups in total. The van der Waals surface area contributed by atoms with Crippen LogP contribution in [-0.2, 0) is 27.4 Å². The average molecular weight is 861 g/mol. The minimum absolute atomic E-state index is 0.0856. The SMILES string of the molecule is C=CCO[C@@]12Oc3ccc(Oc4ccc(SC)cc4)cc3[C@H]3[C@H](CCCCO)[C@@H](CCCCO)C=C(C(=NOCc4ccccc4)C[C@@H]1N(C)C(=O)Cc1cccc(OC)c1)[C@H]32. The molecule has 2 aliphatic carbocycles. The maximum Gasteiger partial charge on any atom is 0.239 e. The molecule has 1 aliphatic heterocycles. The highest BCUT2D eigenvalue weighted by Crippen LogP contribution is 2.62. The number of ether oxygens (including phenoxy) is 4. The van der Waals surface area contributed by atoms with Gasteiger partial charge in [0.1, 0.15) is 35.6 Å². The van der Waals surface area contributed by atoms with Gasteiger partial charge in [-0.1, -0.05) is 72.6 Å². The summed E-state index contributed by atoms with van der Waals surface area (Å²) >= 11 is 1.68. The summed E-state index contributed by atoms with van der Waals surface area (Å²) < 4.78 is 26.4. The van der Waals surface area contributed by atoms with Gasteiger partial charge >= 0.3 is 0 Å². The van der Waals surface area contributed by atoms with Crippen LogP contribution in [0.15, 0.2) is 131 Å². The van der Waals surface area contributed by atoms with E-state index in [4.69, 9.17) is 28.9 Å². The van der Waals surface area contributed by atoms with Crippen LogP contribution in [0.4, 0.5) is 0 Å². The first-order chi connectivity index (χ1) is 30.3. The van der Waals surface area contributed by atoms with Crippen molar-refractivity contribution in [1.82, 2.24) is 4.90 Å². The van der Waals surface area contributed by atoms with Gasteiger partial charge in [-0.3, -0.25) is 4.79 Å². The number of oxime groups is 1. The summed E-state index contributed by atoms with van der Waals surface area (Å²) in [5.41, 5.74) is 4.54. The summed E-state index contributed by atoms with van der Waals surface area (Å²) in [5.74, 6) is 0.890. The standard InChI is InChI=1S/C51H60N2O8S/c1-5-28-58-51-47(53(2)48(56)30-36-16-13-18-39(29-36)57-3)33-45(52-59-34-35-14-7-6-8-15-35)43-31-37(17-9-11-26-54)42(19-10-12-27-55)49(50(43)51)44-32-40(22-25-46(44)61-51)60-38-20-23-41(62-4)24-21-38/h5-8,13-16,18,20-25,29,31-32,37,42,47,49-50,54-55H,1,9-12,17,19,26-28,30,33-34H2,2-4H3/t37-,42+,47-,49+,50+,51+/m0/s1. The highest BCUT2D eigenvalue weighted by Gasteiger charge is 2.65. The van der Waals surface area contributed by atoms with Crippen molar-refractivity contribution in [3.05, 3.63) is 138 Å². The third kappa shape index (κ3) is 10.1. The number of rotatable bonds is 21. The van der Waals surface area contributed by atoms with Crippen molar-refractivity contribution in [2.45, 2.75) is 80.6 Å². The van der Waals surface area contributed by atoms with Gasteiger partial charge in [-0.05, 0) is 115 Å². The number of unbranched alkanes of at least 4 members (excludes halogenated alkanes) is 2. The fraction of sp³-hybridized carbons (Fsp3) is 0.412. The van der Waals surface area contributed by atoms with Crippen molar-refractivity contribution in [3.8, 4) is 23.0 Å². The van der Waals surface area contributed by atoms with Crippen molar-refractivity contribution >= 4 is 23.4 Å². The van der Waals surface area contributed by atoms with Gasteiger partial charge in [-0.15, -0.1) is 18.3 Å². The molecule has 3 aliphatic rings. The smallest absolute Gasteiger partial charge is 0.239 e. The summed E-state index contributed by atoms with van der Waals surface area (Å²) in [5, 5.41) is 24.8. The van der Waals surface area contributed by atoms with Gasteiger partial charge < -0.3 is 38.9 Å². The van der Waals surface area contributed by atoms with Crippen molar-refractivity contribution in [3.63, 3.8) is 0 Å². The zero-order valence-electron chi connectivity index (χ0n) is 36.1. The number of thioether (sulfide) groups is 1. The predicted octanol–water partition coefficient (Wildman–Crippen LogP) is 9.74. The molecule has 0 radical (unpaired) electrons. The quantitative estimate of drug-likeness (QED) is 0.0365. The Bertz CT molecular complexity index is 2180. The van der Waals surface area contributed by atoms with Gasteiger partial charge in [0.2, 0.25) is 11.7 Å². The van der Waals surface area contributed by atoms with E-state index >= 15 is 0 Å². The number of aliphatic hydroxyl groups is 2. The van der Waals surface area contributed by atoms with Crippen LogP contribution in [0.1, 0.15) is 67.6 Å². The number of carbonyl (C=O) groups excluding carboxylic acids is 1. The largest absolute Gasteiger partial charge is 0.497 e. The Morgan fingerprint density at radius 2 is 1.66 bits per heavy atom. The van der Waals surface area contributed by atoms with Crippen molar-refractivity contribution in [1.29, 1.82) is 0 Å². The highest BCUT2D eigenvalue weighted by atomic mass is 32.2. The van der Waals surface area contributed by atoms with Crippen LogP contribution in [0.25, 0.3) is 0 Å². The Kier molecular flexibility index (Phi) is 15.5. The van der Waals surface area contributed by atoms with Crippen LogP contribution in [-0.4, -0.2) is 78.8 Å². The lowest BCUT2D eigenvalue weighted by molar-refractivity contribution is -0.255. The summed E-state index contributed by atoms with van der Waals surface area (Å²) in [7, 11) is 3.45. The highest BCUT2D eigenvalue weighted by molar-refractivity contribution is 7.98. The molecular weight excluding hydrogens is 801 g/mol. The second kappa shape index (κ2) is 21.3. The maximum absolute atomic E-state index is 14.6. The minimum Gasteiger partial charge on any atom is -0.497 e. The van der Waals surface area contributed by atoms with E-state index in [-0.39, 0.29) is 56.5 Å². The molecule has 0 bridgehead atoms. The maximum atomic E-state index is 14.6. The summed E-state index contributed by atoms with van der Waals surface area (Å²) in [6.45, 7) is 4.73. The van der Waals surface area contributed by atoms with E-state index in [0.29, 0.717) is 36.5 Å². The second-order valence-corrected chi connectivity index (χ2v) is 17.2. The third-order valence-corrected chi connectivity index (χ3v) is 13.3. The molecule has 4 aromatic carbocycles. The van der Waals surface area contributed by atoms with Gasteiger partial charge in [0.05, 0.1) is 31.8 Å². The fourth-order valence-corrected chi connectivity index (χ4v) is 9.99. The molecule has 62 heavy (non-hydrogen) atoms. The van der Waals surface area contributed by atoms with E-state index in [1.54, 1.807) is 29.8 Å². The summed E-state index contributed by atoms with van der Waals surface area (Å²) in [6.07, 6.45) is 11.3. The number of fused-ring (bicyclic) bond motifs is 2. The topological polar surface area (TPSA) is 119 Å². The number of hydrogen-bond acceptors (Lipinski definition) is 10. The Morgan fingerprint density at radius 3 is 2.39 bits per heavy atom. The lowest BCUT2D eigenvalue weighted by atomic mass is 9.55. The van der Waals surface area contributed by atoms with Crippen LogP contribution in [0, 0.1) is 17.8 Å². The van der Waals surface area contributed by atoms with Gasteiger partial charge in [-0.2, -0.15) is 0 Å². The minimum atomic E-state index is -1.35. The van der Waals surface area contributed by atoms with Crippen molar-refractivity contribution in [2.75, 3.05) is 40.2 Å². The molecule has 4 aromatic rings. The molecule has 11 heteroatoms. The van der Waals surface area contributed by atoms with Crippen LogP contribution in [0.5, 0.6) is 23.0 Å². The van der Waals surface area contributed by atoms with Gasteiger partial charge in [0.15, 0.2) is 0 Å². The Balaban J connectivity index is 1.39. The molecule has 6 atom stereocenters. The number of hydrogen-bond donors (Lipinski definition) is 2. The normalized spacial score (nSPS) is 23.0. The second-order valence-electron chi connectivity index (χ2n) is 16.3. The van der Waals surface area contributed by atoms with Crippen LogP contribution in [0.2, 0.25) is 0 Å². The molecule has 328 valence electrons. The molecule has 0 aromatic heterocycles. The van der Waals surface area contributed by atoms with E-state index in [2.05, 4.69) is 25.0 Å². The zero-order chi connectivity index (χ0) is 43.5. The Hall–Kier alpha value is -5.07. The molecule has 7 rings (SSSR count). The van der Waals surface area contributed by atoms with Crippen LogP contribution < -0.4 is 14.2 Å². The molecule has 1 saturated carbocycles. The van der Waals surface area contributed by atoms with E-state index in [1.165, 1.54) is 0 Å². The predicted molar refractivity (Wildman–Crippen MR) is 244 cm³/mol. The Morgan fingerprint density at radius 1 is 0.919 bits per heavy atom. The van der Waals surface area contributed by atoms with Crippen LogP contribution in [0.3, 0.4) is 0 Å². The molecule has 1 heterocycles. The first-order valence-corrected chi connectivity index (χ1v) is 23.0. The summed E-state index contributed by atoms with van der Waals surface area (Å²) in [6, 6.07) is 31.0. The molecule has 0 spiro atoms. The molecule has 0 saturated heterocycles. The molecular formula is C51H60N2O8S. The number of aliphatic hydroxyl groups excluding tert-OH is 2. The van der Waals surface area contributed by atoms with Crippen molar-refractivity contribution < 1.29 is 38.8 Å². The van der Waals surface area contributed by atoms with E-state index < -0.39 is 17.7 Å². The average Bonchev–Trinajstić information content (AvgIpc) is 3.30. The summed E-state index contributed by atoms with van der Waals surface area (Å²) in [4.78, 5) is 23.7. The third-order valence-electron chi connectivity index (χ3n) is 12.5. The van der Waals surface area contributed by atoms with Gasteiger partial charge in [-0.25, -0.2) is 0 Å². The molecule has 10 nitrogen and oxygen atoms in total. The van der Waals surface area contributed by atoms with E-state index in [1.807, 2.05) is 98.0 Å². The number of methoxy groups -OCH3 is 1. The number of nitrogens with zero attached hydrogens (tertiary/aromatic N) is 2. The molecule has 1 fully saturated rings. The number of benzene rings is 4. The van der Waals surface area contributed by atoms with Crippen molar-refractivity contribution in [2.24, 2.45) is 22.9 Å². The fourth-order valence-electron chi connectivity index (χ4n) is 9.59. The first-order valence-electron chi connectivity index (χ1n) is 21.8. The number of likely N-dealkylation sites (N-methyl/N-ethyl adjacent to an activating group) is 1. The number of allylic oxidation sites excluding steroid dienone is 1. The monoisotopic (exact) mass is 860 g/mol. The zero-order valence-corrected chi connectivity index (χ0v) is 36.9. The lowest BCUT2D eigenvalue weighted by Crippen LogP contribution is -2.69.